The van der Waals surface area contributed by atoms with Gasteiger partial charge in [-0.2, -0.15) is 0 Å². The molecule has 1 fully saturated rings. The Morgan fingerprint density at radius 3 is 2.80 bits per heavy atom. The van der Waals surface area contributed by atoms with E-state index >= 15 is 0 Å². The molecule has 2 aromatic carbocycles. The summed E-state index contributed by atoms with van der Waals surface area (Å²) in [5.74, 6) is 0.202. The van der Waals surface area contributed by atoms with Crippen molar-refractivity contribution in [2.24, 2.45) is 5.92 Å². The average Bonchev–Trinajstić information content (AvgIpc) is 3.81. The van der Waals surface area contributed by atoms with E-state index in [0.717, 1.165) is 42.1 Å². The van der Waals surface area contributed by atoms with Crippen molar-refractivity contribution in [1.82, 2.24) is 29.0 Å². The highest BCUT2D eigenvalue weighted by Gasteiger charge is 2.40. The molecule has 1 N–H and O–H groups in total. The van der Waals surface area contributed by atoms with E-state index in [1.54, 1.807) is 36.7 Å². The van der Waals surface area contributed by atoms with Crippen LogP contribution < -0.4 is 9.47 Å². The molecule has 0 saturated carbocycles. The van der Waals surface area contributed by atoms with Gasteiger partial charge in [0.2, 0.25) is 5.88 Å². The summed E-state index contributed by atoms with van der Waals surface area (Å²) in [6, 6.07) is 14.8. The molecule has 12 heteroatoms. The number of carbonyl (C=O) groups is 1. The number of nitrogens with zero attached hydrogens (tertiary/aromatic N) is 6. The van der Waals surface area contributed by atoms with Crippen LogP contribution in [0.2, 0.25) is 5.02 Å². The smallest absolute Gasteiger partial charge is 0.335 e. The van der Waals surface area contributed by atoms with E-state index in [9.17, 15) is 14.3 Å². The van der Waals surface area contributed by atoms with Gasteiger partial charge in [-0.25, -0.2) is 24.1 Å². The van der Waals surface area contributed by atoms with Gasteiger partial charge in [0.25, 0.3) is 0 Å². The summed E-state index contributed by atoms with van der Waals surface area (Å²) in [5.41, 5.74) is 4.59. The Morgan fingerprint density at radius 1 is 1.13 bits per heavy atom. The monoisotopic (exact) mass is 628 g/mol. The third-order valence-electron chi connectivity index (χ3n) is 8.33. The Morgan fingerprint density at radius 2 is 2.02 bits per heavy atom. The maximum Gasteiger partial charge on any atom is 0.335 e. The van der Waals surface area contributed by atoms with Crippen LogP contribution in [-0.2, 0) is 26.2 Å². The molecule has 1 aliphatic carbocycles. The third kappa shape index (κ3) is 5.83. The number of hydrogen-bond donors (Lipinski definition) is 1. The summed E-state index contributed by atoms with van der Waals surface area (Å²) < 4.78 is 30.2. The predicted molar refractivity (Wildman–Crippen MR) is 165 cm³/mol. The second-order valence-corrected chi connectivity index (χ2v) is 11.6. The molecule has 0 radical (unpaired) electrons. The Kier molecular flexibility index (Phi) is 7.62. The Hall–Kier alpha value is -4.90. The standard InChI is InChI=1S/C33H30ClFN6O4/c1-2-39-19-36-14-25(39)16-41-28-11-20(33(42)43)6-8-27(28)38-31(41)17-40-15-21-10-24(40)13-30(21)45-32-5-3-4-23(37-32)18-44-29-9-7-22(34)12-26(29)35/h3-9,11-14,19,21,30H,2,10,15-18H2,1H3,(H,42,43). The van der Waals surface area contributed by atoms with Crippen LogP contribution in [0.1, 0.15) is 40.9 Å². The van der Waals surface area contributed by atoms with Crippen LogP contribution in [0.25, 0.3) is 11.0 Å². The first-order valence-electron chi connectivity index (χ1n) is 14.7. The zero-order valence-electron chi connectivity index (χ0n) is 24.4. The van der Waals surface area contributed by atoms with E-state index in [4.69, 9.17) is 26.1 Å². The Labute approximate surface area is 263 Å². The summed E-state index contributed by atoms with van der Waals surface area (Å²) in [4.78, 5) is 27.9. The lowest BCUT2D eigenvalue weighted by Gasteiger charge is -2.27. The predicted octanol–water partition coefficient (Wildman–Crippen LogP) is 5.93. The summed E-state index contributed by atoms with van der Waals surface area (Å²) in [6.07, 6.45) is 6.55. The molecule has 2 aliphatic rings. The summed E-state index contributed by atoms with van der Waals surface area (Å²) in [6.45, 7) is 4.85. The van der Waals surface area contributed by atoms with E-state index < -0.39 is 11.8 Å². The fourth-order valence-electron chi connectivity index (χ4n) is 6.07. The first-order valence-corrected chi connectivity index (χ1v) is 15.1. The van der Waals surface area contributed by atoms with Crippen LogP contribution in [-0.4, -0.2) is 52.7 Å². The van der Waals surface area contributed by atoms with Gasteiger partial charge in [-0.15, -0.1) is 0 Å². The lowest BCUT2D eigenvalue weighted by Crippen LogP contribution is -2.32. The fourth-order valence-corrected chi connectivity index (χ4v) is 6.22. The van der Waals surface area contributed by atoms with Crippen molar-refractivity contribution in [2.75, 3.05) is 6.54 Å². The van der Waals surface area contributed by atoms with Crippen LogP contribution in [0.5, 0.6) is 11.6 Å². The number of carboxylic acid groups (broad SMARTS) is 1. The molecule has 2 unspecified atom stereocenters. The minimum absolute atomic E-state index is 0.0900. The Balaban J connectivity index is 1.07. The second-order valence-electron chi connectivity index (χ2n) is 11.2. The maximum absolute atomic E-state index is 14.1. The summed E-state index contributed by atoms with van der Waals surface area (Å²) >= 11 is 5.83. The van der Waals surface area contributed by atoms with Crippen molar-refractivity contribution in [3.05, 3.63) is 113 Å². The zero-order valence-corrected chi connectivity index (χ0v) is 25.2. The number of hydrogen-bond acceptors (Lipinski definition) is 7. The lowest BCUT2D eigenvalue weighted by molar-refractivity contribution is 0.0697. The number of ether oxygens (including phenoxy) is 2. The first-order chi connectivity index (χ1) is 21.8. The SMILES string of the molecule is CCn1cncc1Cn1c(CN2CC3CC2=CC3Oc2cccc(COc3ccc(Cl)cc3F)n2)nc2ccc(C(=O)O)cc21. The lowest BCUT2D eigenvalue weighted by atomic mass is 10.1. The van der Waals surface area contributed by atoms with Gasteiger partial charge in [0.05, 0.1) is 47.4 Å². The number of fused-ring (bicyclic) bond motifs is 3. The molecule has 2 atom stereocenters. The number of halogens is 2. The molecule has 230 valence electrons. The van der Waals surface area contributed by atoms with Crippen LogP contribution >= 0.6 is 11.6 Å². The number of imidazole rings is 2. The zero-order chi connectivity index (χ0) is 31.1. The molecule has 7 rings (SSSR count). The molecule has 0 amide bonds. The number of likely N-dealkylation sites (tertiary alicyclic amines) is 1. The van der Waals surface area contributed by atoms with Gasteiger partial charge >= 0.3 is 5.97 Å². The van der Waals surface area contributed by atoms with E-state index in [1.807, 2.05) is 18.3 Å². The van der Waals surface area contributed by atoms with Crippen molar-refractivity contribution in [3.8, 4) is 11.6 Å². The van der Waals surface area contributed by atoms with Crippen LogP contribution in [0, 0.1) is 11.7 Å². The molecule has 10 nitrogen and oxygen atoms in total. The van der Waals surface area contributed by atoms with Gasteiger partial charge in [-0.3, -0.25) is 0 Å². The molecule has 5 aromatic rings. The topological polar surface area (TPSA) is 108 Å². The van der Waals surface area contributed by atoms with E-state index in [-0.39, 0.29) is 29.9 Å². The van der Waals surface area contributed by atoms with E-state index in [2.05, 4.69) is 37.0 Å². The van der Waals surface area contributed by atoms with Gasteiger partial charge in [-0.05, 0) is 61.9 Å². The number of aryl methyl sites for hydroxylation is 1. The third-order valence-corrected chi connectivity index (χ3v) is 8.56. The van der Waals surface area contributed by atoms with E-state index in [0.29, 0.717) is 29.7 Å². The van der Waals surface area contributed by atoms with Crippen LogP contribution in [0.15, 0.2) is 78.9 Å². The molecule has 2 bridgehead atoms. The van der Waals surface area contributed by atoms with Gasteiger partial charge in [0, 0.05) is 42.0 Å². The minimum Gasteiger partial charge on any atom is -0.484 e. The highest BCUT2D eigenvalue weighted by atomic mass is 35.5. The molecular formula is C33H30ClFN6O4. The largest absolute Gasteiger partial charge is 0.484 e. The average molecular weight is 629 g/mol. The number of aromatic nitrogens is 5. The Bertz CT molecular complexity index is 1940. The normalized spacial score (nSPS) is 17.2. The first kappa shape index (κ1) is 28.8. The number of benzene rings is 2. The highest BCUT2D eigenvalue weighted by Crippen LogP contribution is 2.39. The molecule has 1 aliphatic heterocycles. The molecule has 0 spiro atoms. The fraction of sp³-hybridized carbons (Fsp3) is 0.273. The van der Waals surface area contributed by atoms with Crippen molar-refractivity contribution in [2.45, 2.75) is 45.7 Å². The van der Waals surface area contributed by atoms with Gasteiger partial charge in [0.1, 0.15) is 18.5 Å². The molecular weight excluding hydrogens is 599 g/mol. The highest BCUT2D eigenvalue weighted by molar-refractivity contribution is 6.30. The van der Waals surface area contributed by atoms with Gasteiger partial charge < -0.3 is 28.6 Å². The molecule has 45 heavy (non-hydrogen) atoms. The molecule has 3 aromatic heterocycles. The maximum atomic E-state index is 14.1. The summed E-state index contributed by atoms with van der Waals surface area (Å²) in [5, 5.41) is 9.93. The number of pyridine rings is 1. The second kappa shape index (κ2) is 11.9. The van der Waals surface area contributed by atoms with Crippen molar-refractivity contribution >= 4 is 28.6 Å². The minimum atomic E-state index is -0.971. The van der Waals surface area contributed by atoms with Crippen LogP contribution in [0.4, 0.5) is 4.39 Å². The quantitative estimate of drug-likeness (QED) is 0.192. The van der Waals surface area contributed by atoms with Crippen LogP contribution in [0.3, 0.4) is 0 Å². The molecule has 1 saturated heterocycles. The number of allylic oxidation sites excluding steroid dienone is 1. The number of aromatic carboxylic acids is 1. The van der Waals surface area contributed by atoms with Gasteiger partial charge in [0.15, 0.2) is 11.6 Å². The van der Waals surface area contributed by atoms with Crippen molar-refractivity contribution < 1.29 is 23.8 Å². The van der Waals surface area contributed by atoms with Gasteiger partial charge in [-0.1, -0.05) is 17.7 Å². The van der Waals surface area contributed by atoms with E-state index in [1.165, 1.54) is 17.8 Å². The molecule has 4 heterocycles. The van der Waals surface area contributed by atoms with Crippen molar-refractivity contribution in [1.29, 1.82) is 0 Å². The summed E-state index contributed by atoms with van der Waals surface area (Å²) in [7, 11) is 0. The number of rotatable bonds is 11. The number of carboxylic acids is 1. The van der Waals surface area contributed by atoms with Crippen molar-refractivity contribution in [3.63, 3.8) is 0 Å².